The zero-order chi connectivity index (χ0) is 22.6. The number of hydrogen-bond acceptors (Lipinski definition) is 6. The summed E-state index contributed by atoms with van der Waals surface area (Å²) in [6, 6.07) is 2.03. The maximum atomic E-state index is 14.1. The number of carbonyl (C=O) groups is 2. The molecule has 9 atom stereocenters. The maximum Gasteiger partial charge on any atom is 0.206 e. The molecule has 1 aromatic rings. The Kier molecular flexibility index (Phi) is 3.11. The van der Waals surface area contributed by atoms with Gasteiger partial charge in [0.05, 0.1) is 29.5 Å². The highest BCUT2D eigenvalue weighted by atomic mass is 16.6. The van der Waals surface area contributed by atoms with Gasteiger partial charge in [-0.2, -0.15) is 0 Å². The Balaban J connectivity index is 1.44. The lowest BCUT2D eigenvalue weighted by Crippen LogP contribution is -2.68. The smallest absolute Gasteiger partial charge is 0.206 e. The van der Waals surface area contributed by atoms with Gasteiger partial charge in [0.2, 0.25) is 5.78 Å². The number of hydrogen-bond donors (Lipinski definition) is 1. The third-order valence-corrected chi connectivity index (χ3v) is 10.9. The summed E-state index contributed by atoms with van der Waals surface area (Å²) in [4.78, 5) is 27.2. The topological polar surface area (TPSA) is 92.6 Å². The number of ether oxygens (including phenoxy) is 2. The lowest BCUT2D eigenvalue weighted by molar-refractivity contribution is -0.167. The van der Waals surface area contributed by atoms with E-state index in [9.17, 15) is 14.7 Å². The molecule has 7 rings (SSSR count). The molecule has 1 N–H and O–H groups in total. The van der Waals surface area contributed by atoms with Gasteiger partial charge in [-0.25, -0.2) is 0 Å². The lowest BCUT2D eigenvalue weighted by atomic mass is 9.38. The molecule has 0 aromatic carbocycles. The molecule has 0 bridgehead atoms. The predicted octanol–water partition coefficient (Wildman–Crippen LogP) is 4.10. The Morgan fingerprint density at radius 1 is 1.12 bits per heavy atom. The zero-order valence-electron chi connectivity index (χ0n) is 19.2. The molecule has 6 nitrogen and oxygen atoms in total. The molecule has 6 aliphatic rings. The van der Waals surface area contributed by atoms with Crippen molar-refractivity contribution >= 4 is 11.6 Å². The van der Waals surface area contributed by atoms with Crippen molar-refractivity contribution in [2.75, 3.05) is 0 Å². The molecule has 2 aliphatic heterocycles. The number of epoxide rings is 2. The number of Topliss-reactive ketones (excluding diaryl/α,β-unsaturated/α-hetero) is 2. The molecule has 0 amide bonds. The minimum atomic E-state index is -0.926. The second kappa shape index (κ2) is 5.10. The Labute approximate surface area is 187 Å². The minimum absolute atomic E-state index is 0.0174. The van der Waals surface area contributed by atoms with Gasteiger partial charge in [0, 0.05) is 10.8 Å². The Morgan fingerprint density at radius 2 is 1.88 bits per heavy atom. The fraction of sp³-hybridized carbons (Fsp3) is 0.692. The van der Waals surface area contributed by atoms with Crippen LogP contribution < -0.4 is 0 Å². The van der Waals surface area contributed by atoms with Crippen LogP contribution in [0.25, 0.3) is 0 Å². The molecular weight excluding hydrogens is 408 g/mol. The fourth-order valence-corrected chi connectivity index (χ4v) is 9.59. The average Bonchev–Trinajstić information content (AvgIpc) is 3.60. The lowest BCUT2D eigenvalue weighted by Gasteiger charge is -2.62. The van der Waals surface area contributed by atoms with E-state index in [1.807, 2.05) is 33.1 Å². The quantitative estimate of drug-likeness (QED) is 0.664. The summed E-state index contributed by atoms with van der Waals surface area (Å²) in [5.41, 5.74) is -1.49. The van der Waals surface area contributed by atoms with Crippen molar-refractivity contribution in [1.82, 2.24) is 0 Å². The summed E-state index contributed by atoms with van der Waals surface area (Å²) in [6.45, 7) is 10.1. The Bertz CT molecular complexity index is 1130. The van der Waals surface area contributed by atoms with Gasteiger partial charge >= 0.3 is 0 Å². The SMILES string of the molecule is CC1(C)C(=O)[C@H]2O[C@H]2[C@@]2(C)C1=C(O)C(=O)[C@]1(C)[C@@H]2CC[C@@]2(C)[C@H](c3ccoc3)C[C@H]3O[C@]321. The summed E-state index contributed by atoms with van der Waals surface area (Å²) in [6.07, 6.45) is 5.40. The molecule has 2 saturated heterocycles. The van der Waals surface area contributed by atoms with Gasteiger partial charge in [-0.05, 0) is 69.1 Å². The third kappa shape index (κ3) is 1.64. The van der Waals surface area contributed by atoms with Gasteiger partial charge in [0.1, 0.15) is 17.8 Å². The van der Waals surface area contributed by atoms with E-state index in [2.05, 4.69) is 13.8 Å². The first-order chi connectivity index (χ1) is 15.0. The minimum Gasteiger partial charge on any atom is -0.504 e. The van der Waals surface area contributed by atoms with Crippen LogP contribution in [0.1, 0.15) is 65.4 Å². The summed E-state index contributed by atoms with van der Waals surface area (Å²) in [5.74, 6) is -0.315. The number of allylic oxidation sites excluding steroid dienone is 1. The second-order valence-electron chi connectivity index (χ2n) is 12.2. The van der Waals surface area contributed by atoms with Crippen LogP contribution in [0.15, 0.2) is 34.3 Å². The fourth-order valence-electron chi connectivity index (χ4n) is 9.59. The van der Waals surface area contributed by atoms with E-state index in [-0.39, 0.29) is 46.8 Å². The highest BCUT2D eigenvalue weighted by Gasteiger charge is 2.88. The van der Waals surface area contributed by atoms with Crippen LogP contribution >= 0.6 is 0 Å². The van der Waals surface area contributed by atoms with Crippen LogP contribution in [0, 0.1) is 27.6 Å². The highest BCUT2D eigenvalue weighted by Crippen LogP contribution is 2.82. The number of aliphatic hydroxyl groups excluding tert-OH is 1. The summed E-state index contributed by atoms with van der Waals surface area (Å²) in [5, 5.41) is 11.5. The van der Waals surface area contributed by atoms with Crippen molar-refractivity contribution in [2.45, 2.75) is 83.7 Å². The van der Waals surface area contributed by atoms with Crippen molar-refractivity contribution in [1.29, 1.82) is 0 Å². The molecule has 3 saturated carbocycles. The third-order valence-electron chi connectivity index (χ3n) is 10.9. The molecule has 1 spiro atoms. The first kappa shape index (κ1) is 19.5. The standard InChI is InChI=1S/C26H30O6/c1-22(2)18-16(27)19(28)25(5)14(24(18,4)21-17(31-21)20(22)29)6-8-23(3)13(12-7-9-30-11-12)10-15-26(23,25)32-15/h7,9,11,13-15,17,21,27H,6,8,10H2,1-5H3/t13-,14+,15+,17+,21+,23-,24+,25-,26+/m0/s1. The van der Waals surface area contributed by atoms with E-state index in [0.29, 0.717) is 5.57 Å². The van der Waals surface area contributed by atoms with Gasteiger partial charge in [0.15, 0.2) is 11.5 Å². The van der Waals surface area contributed by atoms with Crippen LogP contribution in [0.2, 0.25) is 0 Å². The molecule has 4 aliphatic carbocycles. The molecule has 6 heteroatoms. The van der Waals surface area contributed by atoms with Gasteiger partial charge in [0.25, 0.3) is 0 Å². The van der Waals surface area contributed by atoms with E-state index in [0.717, 1.165) is 24.8 Å². The van der Waals surface area contributed by atoms with Crippen molar-refractivity contribution in [3.05, 3.63) is 35.5 Å². The first-order valence-electron chi connectivity index (χ1n) is 11.9. The van der Waals surface area contributed by atoms with E-state index >= 15 is 0 Å². The number of rotatable bonds is 1. The van der Waals surface area contributed by atoms with Crippen molar-refractivity contribution in [3.8, 4) is 0 Å². The Hall–Kier alpha value is -1.92. The second-order valence-corrected chi connectivity index (χ2v) is 12.2. The van der Waals surface area contributed by atoms with Crippen LogP contribution in [-0.4, -0.2) is 40.6 Å². The van der Waals surface area contributed by atoms with Crippen molar-refractivity contribution < 1.29 is 28.6 Å². The van der Waals surface area contributed by atoms with Crippen molar-refractivity contribution in [2.24, 2.45) is 27.6 Å². The Morgan fingerprint density at radius 3 is 2.56 bits per heavy atom. The van der Waals surface area contributed by atoms with Gasteiger partial charge in [-0.1, -0.05) is 13.8 Å². The van der Waals surface area contributed by atoms with E-state index in [4.69, 9.17) is 13.9 Å². The predicted molar refractivity (Wildman–Crippen MR) is 113 cm³/mol. The van der Waals surface area contributed by atoms with Gasteiger partial charge in [-0.3, -0.25) is 9.59 Å². The molecule has 1 aromatic heterocycles. The zero-order valence-corrected chi connectivity index (χ0v) is 19.2. The van der Waals surface area contributed by atoms with E-state index in [1.54, 1.807) is 6.26 Å². The largest absolute Gasteiger partial charge is 0.504 e. The first-order valence-corrected chi connectivity index (χ1v) is 11.9. The molecule has 3 heterocycles. The number of ketones is 2. The number of furan rings is 1. The monoisotopic (exact) mass is 438 g/mol. The van der Waals surface area contributed by atoms with E-state index < -0.39 is 27.9 Å². The van der Waals surface area contributed by atoms with Crippen LogP contribution in [-0.2, 0) is 19.1 Å². The highest BCUT2D eigenvalue weighted by molar-refractivity contribution is 6.05. The summed E-state index contributed by atoms with van der Waals surface area (Å²) in [7, 11) is 0. The molecule has 170 valence electrons. The van der Waals surface area contributed by atoms with Gasteiger partial charge in [-0.15, -0.1) is 0 Å². The molecule has 32 heavy (non-hydrogen) atoms. The van der Waals surface area contributed by atoms with Gasteiger partial charge < -0.3 is 19.0 Å². The summed E-state index contributed by atoms with van der Waals surface area (Å²) < 4.78 is 17.9. The summed E-state index contributed by atoms with van der Waals surface area (Å²) >= 11 is 0. The number of fused-ring (bicyclic) bond motifs is 5. The van der Waals surface area contributed by atoms with Crippen molar-refractivity contribution in [3.63, 3.8) is 0 Å². The number of carbonyl (C=O) groups excluding carboxylic acids is 2. The van der Waals surface area contributed by atoms with Crippen LogP contribution in [0.3, 0.4) is 0 Å². The van der Waals surface area contributed by atoms with Crippen LogP contribution in [0.4, 0.5) is 0 Å². The average molecular weight is 439 g/mol. The normalized spacial score (nSPS) is 54.3. The van der Waals surface area contributed by atoms with Crippen LogP contribution in [0.5, 0.6) is 0 Å². The van der Waals surface area contributed by atoms with E-state index in [1.165, 1.54) is 0 Å². The molecule has 5 fully saturated rings. The molecular formula is C26H30O6. The molecule has 0 unspecified atom stereocenters. The maximum absolute atomic E-state index is 14.1. The number of aliphatic hydroxyl groups is 1. The molecule has 0 radical (unpaired) electrons.